The van der Waals surface area contributed by atoms with E-state index in [-0.39, 0.29) is 0 Å². The summed E-state index contributed by atoms with van der Waals surface area (Å²) in [5, 5.41) is 4.41. The average molecular weight is 458 g/mol. The van der Waals surface area contributed by atoms with Crippen LogP contribution in [0.3, 0.4) is 0 Å². The lowest BCUT2D eigenvalue weighted by Gasteiger charge is -2.36. The second-order valence-corrected chi connectivity index (χ2v) is 13.0. The largest absolute Gasteiger partial charge is 0.311 e. The zero-order valence-electron chi connectivity index (χ0n) is 22.3. The zero-order valence-corrected chi connectivity index (χ0v) is 22.3. The van der Waals surface area contributed by atoms with Gasteiger partial charge in [0.05, 0.1) is 0 Å². The van der Waals surface area contributed by atoms with E-state index in [1.54, 1.807) is 32.1 Å². The Morgan fingerprint density at radius 2 is 0.758 bits per heavy atom. The van der Waals surface area contributed by atoms with Crippen molar-refractivity contribution < 1.29 is 0 Å². The molecule has 1 heteroatoms. The summed E-state index contributed by atoms with van der Waals surface area (Å²) in [6.45, 7) is 0. The van der Waals surface area contributed by atoms with Crippen LogP contribution in [0.15, 0.2) is 0 Å². The highest BCUT2D eigenvalue weighted by atomic mass is 15.0. The molecule has 0 radical (unpaired) electrons. The molecule has 4 aliphatic rings. The summed E-state index contributed by atoms with van der Waals surface area (Å²) in [7, 11) is 0. The molecule has 5 atom stereocenters. The fourth-order valence-corrected chi connectivity index (χ4v) is 8.10. The maximum atomic E-state index is 4.41. The number of hydrogen-bond donors (Lipinski definition) is 1. The van der Waals surface area contributed by atoms with Crippen LogP contribution < -0.4 is 5.32 Å². The molecule has 192 valence electrons. The number of rotatable bonds is 3. The normalized spacial score (nSPS) is 37.3. The summed E-state index contributed by atoms with van der Waals surface area (Å²) in [4.78, 5) is 0. The highest BCUT2D eigenvalue weighted by Gasteiger charge is 2.38. The zero-order chi connectivity index (χ0) is 22.6. The Morgan fingerprint density at radius 1 is 0.333 bits per heavy atom. The van der Waals surface area contributed by atoms with Gasteiger partial charge < -0.3 is 5.32 Å². The van der Waals surface area contributed by atoms with Gasteiger partial charge in [0.1, 0.15) is 0 Å². The van der Waals surface area contributed by atoms with Crippen LogP contribution in [-0.2, 0) is 0 Å². The second kappa shape index (κ2) is 15.2. The lowest BCUT2D eigenvalue weighted by molar-refractivity contribution is 0.185. The van der Waals surface area contributed by atoms with Crippen molar-refractivity contribution in [2.45, 2.75) is 179 Å². The molecule has 1 N–H and O–H groups in total. The Balaban J connectivity index is 1.35. The van der Waals surface area contributed by atoms with Crippen molar-refractivity contribution in [1.82, 2.24) is 5.32 Å². The van der Waals surface area contributed by atoms with Crippen molar-refractivity contribution >= 4 is 0 Å². The van der Waals surface area contributed by atoms with Crippen LogP contribution >= 0.6 is 0 Å². The number of hydrogen-bond acceptors (Lipinski definition) is 1. The molecule has 4 aliphatic carbocycles. The van der Waals surface area contributed by atoms with Crippen molar-refractivity contribution in [1.29, 1.82) is 0 Å². The molecule has 1 nitrogen and oxygen atoms in total. The predicted molar refractivity (Wildman–Crippen MR) is 145 cm³/mol. The quantitative estimate of drug-likeness (QED) is 0.416. The highest BCUT2D eigenvalue weighted by Crippen LogP contribution is 2.48. The maximum absolute atomic E-state index is 4.41. The first-order valence-corrected chi connectivity index (χ1v) is 16.2. The van der Waals surface area contributed by atoms with Gasteiger partial charge in [0, 0.05) is 12.1 Å². The van der Waals surface area contributed by atoms with E-state index in [1.807, 2.05) is 0 Å². The molecule has 0 saturated heterocycles. The summed E-state index contributed by atoms with van der Waals surface area (Å²) >= 11 is 0. The summed E-state index contributed by atoms with van der Waals surface area (Å²) < 4.78 is 0. The Morgan fingerprint density at radius 3 is 1.42 bits per heavy atom. The molecule has 4 fully saturated rings. The Hall–Kier alpha value is -0.0400. The third-order valence-corrected chi connectivity index (χ3v) is 10.4. The predicted octanol–water partition coefficient (Wildman–Crippen LogP) is 9.97. The van der Waals surface area contributed by atoms with Crippen LogP contribution in [-0.4, -0.2) is 12.1 Å². The summed E-state index contributed by atoms with van der Waals surface area (Å²) in [5.41, 5.74) is 0. The molecule has 4 saturated carbocycles. The molecule has 0 aromatic carbocycles. The van der Waals surface area contributed by atoms with E-state index >= 15 is 0 Å². The lowest BCUT2D eigenvalue weighted by Crippen LogP contribution is -2.45. The van der Waals surface area contributed by atoms with E-state index in [4.69, 9.17) is 0 Å². The van der Waals surface area contributed by atoms with E-state index in [0.717, 1.165) is 35.8 Å². The average Bonchev–Trinajstić information content (AvgIpc) is 3.60. The Kier molecular flexibility index (Phi) is 12.0. The molecule has 0 aromatic rings. The van der Waals surface area contributed by atoms with Crippen LogP contribution in [0, 0.1) is 23.7 Å². The minimum Gasteiger partial charge on any atom is -0.311 e. The van der Waals surface area contributed by atoms with Crippen LogP contribution in [0.4, 0.5) is 0 Å². The number of fused-ring (bicyclic) bond motifs is 1. The van der Waals surface area contributed by atoms with Gasteiger partial charge in [-0.2, -0.15) is 0 Å². The SMILES string of the molecule is C1CCCCCCC(NC2CCCCCC2C2CCCCCCC3CC3CC2)CCCCC1. The second-order valence-electron chi connectivity index (χ2n) is 13.0. The fourth-order valence-electron chi connectivity index (χ4n) is 8.10. The summed E-state index contributed by atoms with van der Waals surface area (Å²) in [6, 6.07) is 1.64. The first kappa shape index (κ1) is 26.0. The van der Waals surface area contributed by atoms with Crippen molar-refractivity contribution in [3.63, 3.8) is 0 Å². The lowest BCUT2D eigenvalue weighted by atomic mass is 9.76. The van der Waals surface area contributed by atoms with Crippen LogP contribution in [0.2, 0.25) is 0 Å². The van der Waals surface area contributed by atoms with Gasteiger partial charge in [0.2, 0.25) is 0 Å². The fraction of sp³-hybridized carbons (Fsp3) is 1.00. The molecule has 0 aliphatic heterocycles. The van der Waals surface area contributed by atoms with E-state index < -0.39 is 0 Å². The minimum absolute atomic E-state index is 0.812. The van der Waals surface area contributed by atoms with Gasteiger partial charge in [-0.3, -0.25) is 0 Å². The first-order valence-electron chi connectivity index (χ1n) is 16.2. The molecule has 33 heavy (non-hydrogen) atoms. The molecule has 0 heterocycles. The Bertz CT molecular complexity index is 487. The maximum Gasteiger partial charge on any atom is 0.0101 e. The summed E-state index contributed by atoms with van der Waals surface area (Å²) in [5.74, 6) is 4.26. The van der Waals surface area contributed by atoms with Gasteiger partial charge in [0.15, 0.2) is 0 Å². The van der Waals surface area contributed by atoms with Gasteiger partial charge in [-0.05, 0) is 68.6 Å². The molecular formula is C32H59N. The van der Waals surface area contributed by atoms with E-state index in [0.29, 0.717) is 0 Å². The first-order chi connectivity index (χ1) is 16.4. The monoisotopic (exact) mass is 457 g/mol. The standard InChI is InChI=1S/C32H59N/c1-2-4-6-8-15-21-30(20-14-7-5-3-1)33-32-23-17-11-16-22-31(32)27-18-12-9-10-13-19-28-26-29(28)25-24-27/h27-33H,1-26H2. The van der Waals surface area contributed by atoms with Gasteiger partial charge in [-0.25, -0.2) is 0 Å². The van der Waals surface area contributed by atoms with Gasteiger partial charge in [-0.1, -0.05) is 122 Å². The van der Waals surface area contributed by atoms with Gasteiger partial charge in [0.25, 0.3) is 0 Å². The highest BCUT2D eigenvalue weighted by molar-refractivity contribution is 4.91. The molecule has 5 unspecified atom stereocenters. The molecule has 4 rings (SSSR count). The van der Waals surface area contributed by atoms with Crippen molar-refractivity contribution in [3.05, 3.63) is 0 Å². The van der Waals surface area contributed by atoms with Gasteiger partial charge in [-0.15, -0.1) is 0 Å². The van der Waals surface area contributed by atoms with Crippen LogP contribution in [0.25, 0.3) is 0 Å². The van der Waals surface area contributed by atoms with Crippen molar-refractivity contribution in [3.8, 4) is 0 Å². The topological polar surface area (TPSA) is 12.0 Å². The van der Waals surface area contributed by atoms with Crippen molar-refractivity contribution in [2.75, 3.05) is 0 Å². The third-order valence-electron chi connectivity index (χ3n) is 10.4. The number of nitrogens with one attached hydrogen (secondary N) is 1. The molecule has 0 spiro atoms. The third kappa shape index (κ3) is 9.50. The van der Waals surface area contributed by atoms with Crippen molar-refractivity contribution in [2.24, 2.45) is 23.7 Å². The smallest absolute Gasteiger partial charge is 0.0101 e. The van der Waals surface area contributed by atoms with Crippen LogP contribution in [0.5, 0.6) is 0 Å². The molecule has 0 bridgehead atoms. The van der Waals surface area contributed by atoms with Crippen LogP contribution in [0.1, 0.15) is 167 Å². The molecule has 0 aromatic heterocycles. The van der Waals surface area contributed by atoms with Gasteiger partial charge >= 0.3 is 0 Å². The molecular weight excluding hydrogens is 398 g/mol. The van der Waals surface area contributed by atoms with E-state index in [2.05, 4.69) is 5.32 Å². The minimum atomic E-state index is 0.812. The van der Waals surface area contributed by atoms with E-state index in [1.165, 1.54) is 135 Å². The molecule has 0 amide bonds. The summed E-state index contributed by atoms with van der Waals surface area (Å²) in [6.07, 6.45) is 39.2. The Labute approximate surface area is 208 Å². The van der Waals surface area contributed by atoms with E-state index in [9.17, 15) is 0 Å².